The van der Waals surface area contributed by atoms with E-state index in [2.05, 4.69) is 9.97 Å². The molecule has 0 radical (unpaired) electrons. The maximum absolute atomic E-state index is 10.4. The van der Waals surface area contributed by atoms with E-state index >= 15 is 0 Å². The van der Waals surface area contributed by atoms with Crippen LogP contribution in [0.4, 0.5) is 0 Å². The minimum atomic E-state index is -0.645. The van der Waals surface area contributed by atoms with Crippen LogP contribution in [0.5, 0.6) is 0 Å². The number of hydrogen-bond donors (Lipinski definition) is 1. The van der Waals surface area contributed by atoms with Crippen molar-refractivity contribution in [3.05, 3.63) is 71.8 Å². The number of imidazole rings is 1. The number of aliphatic hydroxyl groups excluding tert-OH is 1. The van der Waals surface area contributed by atoms with Gasteiger partial charge in [-0.3, -0.25) is 4.98 Å². The lowest BCUT2D eigenvalue weighted by molar-refractivity contribution is 0.157. The molecule has 2 aromatic heterocycles. The SMILES string of the molecule is O[C@@H](Cn1ccnc1-c1cccnc1)c1cccc(Cl)c1. The number of aliphatic hydroxyl groups is 1. The largest absolute Gasteiger partial charge is 0.387 e. The Balaban J connectivity index is 1.85. The average Bonchev–Trinajstić information content (AvgIpc) is 2.96. The third kappa shape index (κ3) is 3.12. The van der Waals surface area contributed by atoms with Gasteiger partial charge in [0.1, 0.15) is 5.82 Å². The smallest absolute Gasteiger partial charge is 0.141 e. The van der Waals surface area contributed by atoms with Gasteiger partial charge >= 0.3 is 0 Å². The number of halogens is 1. The van der Waals surface area contributed by atoms with Crippen molar-refractivity contribution in [1.82, 2.24) is 14.5 Å². The molecule has 0 saturated heterocycles. The third-order valence-electron chi connectivity index (χ3n) is 3.24. The topological polar surface area (TPSA) is 50.9 Å². The first-order valence-electron chi connectivity index (χ1n) is 6.59. The van der Waals surface area contributed by atoms with E-state index in [1.807, 2.05) is 35.0 Å². The molecular weight excluding hydrogens is 286 g/mol. The van der Waals surface area contributed by atoms with Crippen molar-refractivity contribution in [1.29, 1.82) is 0 Å². The van der Waals surface area contributed by atoms with Gasteiger partial charge in [0, 0.05) is 35.4 Å². The van der Waals surface area contributed by atoms with Gasteiger partial charge in [0.2, 0.25) is 0 Å². The van der Waals surface area contributed by atoms with E-state index in [9.17, 15) is 5.11 Å². The molecule has 0 saturated carbocycles. The van der Waals surface area contributed by atoms with Crippen LogP contribution in [-0.4, -0.2) is 19.6 Å². The van der Waals surface area contributed by atoms with Crippen molar-refractivity contribution in [3.63, 3.8) is 0 Å². The molecule has 2 heterocycles. The van der Waals surface area contributed by atoms with Gasteiger partial charge in [0.05, 0.1) is 12.6 Å². The van der Waals surface area contributed by atoms with Crippen LogP contribution in [0, 0.1) is 0 Å². The van der Waals surface area contributed by atoms with Crippen LogP contribution < -0.4 is 0 Å². The first-order valence-corrected chi connectivity index (χ1v) is 6.97. The molecule has 1 atom stereocenters. The highest BCUT2D eigenvalue weighted by molar-refractivity contribution is 6.30. The Hall–Kier alpha value is -2.17. The van der Waals surface area contributed by atoms with Gasteiger partial charge < -0.3 is 9.67 Å². The summed E-state index contributed by atoms with van der Waals surface area (Å²) in [6.07, 6.45) is 6.39. The quantitative estimate of drug-likeness (QED) is 0.804. The van der Waals surface area contributed by atoms with Crippen molar-refractivity contribution in [2.75, 3.05) is 0 Å². The highest BCUT2D eigenvalue weighted by Gasteiger charge is 2.12. The minimum absolute atomic E-state index is 0.407. The highest BCUT2D eigenvalue weighted by atomic mass is 35.5. The van der Waals surface area contributed by atoms with Crippen molar-refractivity contribution in [3.8, 4) is 11.4 Å². The summed E-state index contributed by atoms with van der Waals surface area (Å²) in [6, 6.07) is 11.1. The Morgan fingerprint density at radius 3 is 2.86 bits per heavy atom. The molecule has 0 aliphatic rings. The van der Waals surface area contributed by atoms with Crippen LogP contribution >= 0.6 is 11.6 Å². The third-order valence-corrected chi connectivity index (χ3v) is 3.47. The first kappa shape index (κ1) is 13.8. The number of nitrogens with zero attached hydrogens (tertiary/aromatic N) is 3. The van der Waals surface area contributed by atoms with E-state index in [1.165, 1.54) is 0 Å². The Bertz CT molecular complexity index is 727. The van der Waals surface area contributed by atoms with Gasteiger partial charge in [-0.2, -0.15) is 0 Å². The summed E-state index contributed by atoms with van der Waals surface area (Å²) in [7, 11) is 0. The lowest BCUT2D eigenvalue weighted by atomic mass is 10.1. The molecule has 0 aliphatic carbocycles. The Morgan fingerprint density at radius 1 is 1.19 bits per heavy atom. The number of hydrogen-bond acceptors (Lipinski definition) is 3. The van der Waals surface area contributed by atoms with Crippen LogP contribution in [0.3, 0.4) is 0 Å². The van der Waals surface area contributed by atoms with Crippen LogP contribution in [0.15, 0.2) is 61.2 Å². The summed E-state index contributed by atoms with van der Waals surface area (Å²) in [5, 5.41) is 11.0. The molecule has 0 unspecified atom stereocenters. The molecule has 0 aliphatic heterocycles. The second kappa shape index (κ2) is 6.08. The molecule has 0 amide bonds. The predicted molar refractivity (Wildman–Crippen MR) is 81.9 cm³/mol. The Labute approximate surface area is 127 Å². The van der Waals surface area contributed by atoms with Crippen LogP contribution in [0.2, 0.25) is 5.02 Å². The second-order valence-corrected chi connectivity index (χ2v) is 5.15. The van der Waals surface area contributed by atoms with E-state index in [1.54, 1.807) is 30.7 Å². The summed E-state index contributed by atoms with van der Waals surface area (Å²) in [5.74, 6) is 0.782. The van der Waals surface area contributed by atoms with Crippen molar-refractivity contribution < 1.29 is 5.11 Å². The van der Waals surface area contributed by atoms with E-state index in [-0.39, 0.29) is 0 Å². The van der Waals surface area contributed by atoms with Crippen molar-refractivity contribution >= 4 is 11.6 Å². The predicted octanol–water partition coefficient (Wildman–Crippen LogP) is 3.33. The highest BCUT2D eigenvalue weighted by Crippen LogP contribution is 2.22. The second-order valence-electron chi connectivity index (χ2n) is 4.72. The molecule has 106 valence electrons. The van der Waals surface area contributed by atoms with Gasteiger partial charge in [-0.05, 0) is 29.8 Å². The molecule has 0 spiro atoms. The van der Waals surface area contributed by atoms with Gasteiger partial charge in [0.25, 0.3) is 0 Å². The molecular formula is C16H14ClN3O. The summed E-state index contributed by atoms with van der Waals surface area (Å²) in [4.78, 5) is 8.43. The van der Waals surface area contributed by atoms with Gasteiger partial charge in [-0.1, -0.05) is 23.7 Å². The van der Waals surface area contributed by atoms with Crippen LogP contribution in [0.1, 0.15) is 11.7 Å². The van der Waals surface area contributed by atoms with E-state index in [0.29, 0.717) is 11.6 Å². The summed E-state index contributed by atoms with van der Waals surface area (Å²) < 4.78 is 1.91. The summed E-state index contributed by atoms with van der Waals surface area (Å²) in [5.41, 5.74) is 1.70. The fourth-order valence-corrected chi connectivity index (χ4v) is 2.42. The van der Waals surface area contributed by atoms with Crippen LogP contribution in [0.25, 0.3) is 11.4 Å². The molecule has 3 aromatic rings. The monoisotopic (exact) mass is 299 g/mol. The zero-order chi connectivity index (χ0) is 14.7. The maximum atomic E-state index is 10.4. The number of aromatic nitrogens is 3. The maximum Gasteiger partial charge on any atom is 0.141 e. The van der Waals surface area contributed by atoms with Crippen LogP contribution in [-0.2, 0) is 6.54 Å². The number of pyridine rings is 1. The van der Waals surface area contributed by atoms with Gasteiger partial charge in [0.15, 0.2) is 0 Å². The van der Waals surface area contributed by atoms with E-state index < -0.39 is 6.10 Å². The summed E-state index contributed by atoms with van der Waals surface area (Å²) in [6.45, 7) is 0.407. The standard InChI is InChI=1S/C16H14ClN3O/c17-14-5-1-3-12(9-14)15(21)11-20-8-7-19-16(20)13-4-2-6-18-10-13/h1-10,15,21H,11H2/t15-/m0/s1. The van der Waals surface area contributed by atoms with Crippen molar-refractivity contribution in [2.24, 2.45) is 0 Å². The van der Waals surface area contributed by atoms with E-state index in [4.69, 9.17) is 11.6 Å². The fraction of sp³-hybridized carbons (Fsp3) is 0.125. The number of benzene rings is 1. The average molecular weight is 300 g/mol. The lowest BCUT2D eigenvalue weighted by Gasteiger charge is -2.14. The molecule has 1 aromatic carbocycles. The minimum Gasteiger partial charge on any atom is -0.387 e. The molecule has 21 heavy (non-hydrogen) atoms. The summed E-state index contributed by atoms with van der Waals surface area (Å²) >= 11 is 5.96. The Kier molecular flexibility index (Phi) is 3.99. The Morgan fingerprint density at radius 2 is 2.10 bits per heavy atom. The van der Waals surface area contributed by atoms with Gasteiger partial charge in [-0.15, -0.1) is 0 Å². The molecule has 4 nitrogen and oxygen atoms in total. The molecule has 1 N–H and O–H groups in total. The van der Waals surface area contributed by atoms with Gasteiger partial charge in [-0.25, -0.2) is 4.98 Å². The normalized spacial score (nSPS) is 12.3. The first-order chi connectivity index (χ1) is 10.2. The number of rotatable bonds is 4. The van der Waals surface area contributed by atoms with E-state index in [0.717, 1.165) is 17.0 Å². The lowest BCUT2D eigenvalue weighted by Crippen LogP contribution is -2.09. The fourth-order valence-electron chi connectivity index (χ4n) is 2.22. The molecule has 0 fully saturated rings. The zero-order valence-corrected chi connectivity index (χ0v) is 12.0. The molecule has 0 bridgehead atoms. The zero-order valence-electron chi connectivity index (χ0n) is 11.2. The molecule has 3 rings (SSSR count). The molecule has 5 heteroatoms. The van der Waals surface area contributed by atoms with Crippen molar-refractivity contribution in [2.45, 2.75) is 12.6 Å².